The number of rotatable bonds is 5. The monoisotopic (exact) mass is 247 g/mol. The molecular formula is C14H17NOS. The molecule has 0 saturated heterocycles. The Morgan fingerprint density at radius 1 is 1.24 bits per heavy atom. The maximum atomic E-state index is 5.15. The maximum absolute atomic E-state index is 5.15. The van der Waals surface area contributed by atoms with Gasteiger partial charge in [-0.25, -0.2) is 0 Å². The molecule has 2 rings (SSSR count). The van der Waals surface area contributed by atoms with Crippen LogP contribution in [0.2, 0.25) is 0 Å². The third-order valence-corrected chi connectivity index (χ3v) is 3.71. The van der Waals surface area contributed by atoms with E-state index in [9.17, 15) is 0 Å². The molecule has 2 nitrogen and oxygen atoms in total. The van der Waals surface area contributed by atoms with Crippen LogP contribution in [0.15, 0.2) is 41.8 Å². The number of methoxy groups -OCH3 is 1. The Hall–Kier alpha value is -1.48. The zero-order valence-electron chi connectivity index (χ0n) is 10.1. The van der Waals surface area contributed by atoms with E-state index in [1.54, 1.807) is 18.4 Å². The molecule has 0 aliphatic carbocycles. The van der Waals surface area contributed by atoms with Gasteiger partial charge in [-0.05, 0) is 42.1 Å². The summed E-state index contributed by atoms with van der Waals surface area (Å²) in [6.45, 7) is 2.20. The second kappa shape index (κ2) is 5.73. The van der Waals surface area contributed by atoms with Crippen LogP contribution in [0.4, 0.5) is 5.69 Å². The molecule has 1 N–H and O–H groups in total. The third kappa shape index (κ3) is 3.01. The minimum Gasteiger partial charge on any atom is -0.497 e. The molecule has 0 aliphatic heterocycles. The van der Waals surface area contributed by atoms with Crippen molar-refractivity contribution in [2.45, 2.75) is 19.4 Å². The van der Waals surface area contributed by atoms with E-state index in [1.807, 2.05) is 12.1 Å². The lowest BCUT2D eigenvalue weighted by molar-refractivity contribution is 0.415. The van der Waals surface area contributed by atoms with Crippen molar-refractivity contribution < 1.29 is 4.74 Å². The number of benzene rings is 1. The summed E-state index contributed by atoms with van der Waals surface area (Å²) >= 11 is 1.80. The average Bonchev–Trinajstić information content (AvgIpc) is 2.90. The van der Waals surface area contributed by atoms with Crippen molar-refractivity contribution in [1.29, 1.82) is 0 Å². The van der Waals surface area contributed by atoms with Gasteiger partial charge in [0.25, 0.3) is 0 Å². The highest BCUT2D eigenvalue weighted by atomic mass is 32.1. The van der Waals surface area contributed by atoms with Crippen molar-refractivity contribution >= 4 is 17.0 Å². The van der Waals surface area contributed by atoms with Gasteiger partial charge in [-0.15, -0.1) is 11.3 Å². The number of hydrogen-bond donors (Lipinski definition) is 1. The number of nitrogens with one attached hydrogen (secondary N) is 1. The lowest BCUT2D eigenvalue weighted by Gasteiger charge is -2.17. The molecule has 0 spiro atoms. The molecule has 0 unspecified atom stereocenters. The quantitative estimate of drug-likeness (QED) is 0.849. The highest BCUT2D eigenvalue weighted by Gasteiger charge is 2.09. The van der Waals surface area contributed by atoms with E-state index in [2.05, 4.69) is 41.9 Å². The summed E-state index contributed by atoms with van der Waals surface area (Å²) < 4.78 is 5.15. The Balaban J connectivity index is 2.07. The van der Waals surface area contributed by atoms with E-state index in [-0.39, 0.29) is 0 Å². The van der Waals surface area contributed by atoms with Gasteiger partial charge in [0.1, 0.15) is 5.75 Å². The minimum atomic E-state index is 0.392. The van der Waals surface area contributed by atoms with Crippen LogP contribution in [0, 0.1) is 0 Å². The highest BCUT2D eigenvalue weighted by molar-refractivity contribution is 7.10. The number of anilines is 1. The maximum Gasteiger partial charge on any atom is 0.119 e. The molecule has 0 bridgehead atoms. The van der Waals surface area contributed by atoms with Crippen LogP contribution in [0.1, 0.15) is 24.3 Å². The standard InChI is InChI=1S/C14H17NOS/c1-3-13(14-5-4-10-17-14)15-11-6-8-12(16-2)9-7-11/h4-10,13,15H,3H2,1-2H3/t13-/m1/s1. The summed E-state index contributed by atoms with van der Waals surface area (Å²) in [4.78, 5) is 1.38. The van der Waals surface area contributed by atoms with Crippen molar-refractivity contribution in [2.75, 3.05) is 12.4 Å². The van der Waals surface area contributed by atoms with Gasteiger partial charge in [0.05, 0.1) is 13.2 Å². The first-order chi connectivity index (χ1) is 8.33. The summed E-state index contributed by atoms with van der Waals surface area (Å²) in [5.41, 5.74) is 1.13. The Kier molecular flexibility index (Phi) is 4.04. The van der Waals surface area contributed by atoms with Crippen LogP contribution in [-0.2, 0) is 0 Å². The fourth-order valence-electron chi connectivity index (χ4n) is 1.75. The molecule has 1 aromatic carbocycles. The van der Waals surface area contributed by atoms with Gasteiger partial charge < -0.3 is 10.1 Å². The molecule has 0 aliphatic rings. The Morgan fingerprint density at radius 3 is 2.53 bits per heavy atom. The Morgan fingerprint density at radius 2 is 2.00 bits per heavy atom. The zero-order chi connectivity index (χ0) is 12.1. The van der Waals surface area contributed by atoms with Gasteiger partial charge in [0, 0.05) is 10.6 Å². The van der Waals surface area contributed by atoms with Gasteiger partial charge >= 0.3 is 0 Å². The van der Waals surface area contributed by atoms with Crippen molar-refractivity contribution in [3.05, 3.63) is 46.7 Å². The summed E-state index contributed by atoms with van der Waals surface area (Å²) in [5.74, 6) is 0.889. The Labute approximate surface area is 106 Å². The summed E-state index contributed by atoms with van der Waals surface area (Å²) in [5, 5.41) is 5.66. The molecule has 3 heteroatoms. The molecule has 0 fully saturated rings. The molecule has 0 radical (unpaired) electrons. The van der Waals surface area contributed by atoms with Crippen molar-refractivity contribution in [1.82, 2.24) is 0 Å². The fraction of sp³-hybridized carbons (Fsp3) is 0.286. The van der Waals surface area contributed by atoms with E-state index in [4.69, 9.17) is 4.74 Å². The molecule has 0 amide bonds. The lowest BCUT2D eigenvalue weighted by Crippen LogP contribution is -2.07. The molecule has 2 aromatic rings. The van der Waals surface area contributed by atoms with Gasteiger partial charge in [-0.2, -0.15) is 0 Å². The van der Waals surface area contributed by atoms with Crippen LogP contribution < -0.4 is 10.1 Å². The van der Waals surface area contributed by atoms with Gasteiger partial charge in [-0.3, -0.25) is 0 Å². The van der Waals surface area contributed by atoms with Gasteiger partial charge in [0.15, 0.2) is 0 Å². The first kappa shape index (κ1) is 12.0. The van der Waals surface area contributed by atoms with Crippen LogP contribution in [0.5, 0.6) is 5.75 Å². The second-order valence-electron chi connectivity index (χ2n) is 3.85. The van der Waals surface area contributed by atoms with Crippen LogP contribution in [0.25, 0.3) is 0 Å². The first-order valence-corrected chi connectivity index (χ1v) is 6.65. The predicted molar refractivity (Wildman–Crippen MR) is 74.0 cm³/mol. The predicted octanol–water partition coefficient (Wildman–Crippen LogP) is 4.32. The number of thiophene rings is 1. The van der Waals surface area contributed by atoms with E-state index < -0.39 is 0 Å². The zero-order valence-corrected chi connectivity index (χ0v) is 11.0. The first-order valence-electron chi connectivity index (χ1n) is 5.77. The molecule has 1 aromatic heterocycles. The largest absolute Gasteiger partial charge is 0.497 e. The Bertz CT molecular complexity index is 436. The summed E-state index contributed by atoms with van der Waals surface area (Å²) in [6.07, 6.45) is 1.08. The van der Waals surface area contributed by atoms with Gasteiger partial charge in [-0.1, -0.05) is 13.0 Å². The molecule has 17 heavy (non-hydrogen) atoms. The molecular weight excluding hydrogens is 230 g/mol. The average molecular weight is 247 g/mol. The molecule has 90 valence electrons. The fourth-order valence-corrected chi connectivity index (χ4v) is 2.61. The normalized spacial score (nSPS) is 12.1. The highest BCUT2D eigenvalue weighted by Crippen LogP contribution is 2.26. The van der Waals surface area contributed by atoms with E-state index >= 15 is 0 Å². The lowest BCUT2D eigenvalue weighted by atomic mass is 10.1. The van der Waals surface area contributed by atoms with Crippen LogP contribution in [-0.4, -0.2) is 7.11 Å². The van der Waals surface area contributed by atoms with E-state index in [0.717, 1.165) is 17.9 Å². The third-order valence-electron chi connectivity index (χ3n) is 2.73. The van der Waals surface area contributed by atoms with Crippen molar-refractivity contribution in [2.24, 2.45) is 0 Å². The smallest absolute Gasteiger partial charge is 0.119 e. The summed E-state index contributed by atoms with van der Waals surface area (Å²) in [6, 6.07) is 12.7. The van der Waals surface area contributed by atoms with Gasteiger partial charge in [0.2, 0.25) is 0 Å². The number of hydrogen-bond acceptors (Lipinski definition) is 3. The van der Waals surface area contributed by atoms with E-state index in [1.165, 1.54) is 4.88 Å². The number of ether oxygens (including phenoxy) is 1. The minimum absolute atomic E-state index is 0.392. The molecule has 0 saturated carbocycles. The van der Waals surface area contributed by atoms with Crippen LogP contribution in [0.3, 0.4) is 0 Å². The summed E-state index contributed by atoms with van der Waals surface area (Å²) in [7, 11) is 1.68. The van der Waals surface area contributed by atoms with E-state index in [0.29, 0.717) is 6.04 Å². The molecule has 1 atom stereocenters. The van der Waals surface area contributed by atoms with Crippen LogP contribution >= 0.6 is 11.3 Å². The SMILES string of the molecule is CC[C@@H](Nc1ccc(OC)cc1)c1cccs1. The van der Waals surface area contributed by atoms with Crippen molar-refractivity contribution in [3.63, 3.8) is 0 Å². The van der Waals surface area contributed by atoms with Crippen molar-refractivity contribution in [3.8, 4) is 5.75 Å². The molecule has 1 heterocycles. The second-order valence-corrected chi connectivity index (χ2v) is 4.83. The topological polar surface area (TPSA) is 21.3 Å².